The van der Waals surface area contributed by atoms with Crippen molar-refractivity contribution >= 4 is 29.0 Å². The molecule has 0 unspecified atom stereocenters. The van der Waals surface area contributed by atoms with Crippen molar-refractivity contribution in [1.29, 1.82) is 0 Å². The third kappa shape index (κ3) is 3.75. The number of carbonyl (C=O) groups excluding carboxylic acids is 1. The first-order chi connectivity index (χ1) is 12.3. The molecule has 0 aliphatic heterocycles. The summed E-state index contributed by atoms with van der Waals surface area (Å²) in [7, 11) is 0. The van der Waals surface area contributed by atoms with Gasteiger partial charge in [-0.15, -0.1) is 0 Å². The predicted molar refractivity (Wildman–Crippen MR) is 101 cm³/mol. The van der Waals surface area contributed by atoms with Crippen molar-refractivity contribution in [2.45, 2.75) is 33.6 Å². The molecule has 7 nitrogen and oxygen atoms in total. The van der Waals surface area contributed by atoms with E-state index in [4.69, 9.17) is 27.1 Å². The molecule has 3 rings (SSSR count). The minimum Gasteiger partial charge on any atom is -0.453 e. The van der Waals surface area contributed by atoms with Gasteiger partial charge >= 0.3 is 5.97 Å². The quantitative estimate of drug-likeness (QED) is 0.485. The number of furan rings is 1. The number of aromatic nitrogens is 1. The number of esters is 1. The molecule has 0 aromatic carbocycles. The first-order valence-corrected chi connectivity index (χ1v) is 8.54. The smallest absolute Gasteiger partial charge is 0.379 e. The Morgan fingerprint density at radius 1 is 1.46 bits per heavy atom. The summed E-state index contributed by atoms with van der Waals surface area (Å²) in [5, 5.41) is 4.40. The fourth-order valence-corrected chi connectivity index (χ4v) is 3.13. The Morgan fingerprint density at radius 3 is 2.88 bits per heavy atom. The Morgan fingerprint density at radius 2 is 2.23 bits per heavy atom. The molecule has 136 valence electrons. The zero-order chi connectivity index (χ0) is 18.9. The number of rotatable bonds is 3. The Balaban J connectivity index is 1.97. The van der Waals surface area contributed by atoms with E-state index in [1.807, 2.05) is 6.92 Å². The first kappa shape index (κ1) is 18.1. The van der Waals surface area contributed by atoms with Gasteiger partial charge in [0.1, 0.15) is 11.5 Å². The van der Waals surface area contributed by atoms with Gasteiger partial charge in [-0.05, 0) is 43.1 Å². The van der Waals surface area contributed by atoms with Gasteiger partial charge in [0, 0.05) is 23.7 Å². The molecular formula is C18H20N4O3S. The van der Waals surface area contributed by atoms with Gasteiger partial charge < -0.3 is 14.9 Å². The molecule has 0 spiro atoms. The van der Waals surface area contributed by atoms with Crippen LogP contribution < -0.4 is 15.9 Å². The van der Waals surface area contributed by atoms with Crippen molar-refractivity contribution in [1.82, 2.24) is 10.4 Å². The monoisotopic (exact) mass is 372 g/mol. The van der Waals surface area contributed by atoms with Crippen LogP contribution in [0.15, 0.2) is 34.0 Å². The molecule has 1 aliphatic rings. The van der Waals surface area contributed by atoms with E-state index < -0.39 is 5.97 Å². The van der Waals surface area contributed by atoms with Crippen molar-refractivity contribution in [3.8, 4) is 5.75 Å². The minimum atomic E-state index is -0.565. The van der Waals surface area contributed by atoms with Crippen LogP contribution in [-0.4, -0.2) is 21.8 Å². The molecular weight excluding hydrogens is 352 g/mol. The highest BCUT2D eigenvalue weighted by Gasteiger charge is 2.36. The Kier molecular flexibility index (Phi) is 4.78. The van der Waals surface area contributed by atoms with E-state index in [0.717, 1.165) is 11.3 Å². The zero-order valence-corrected chi connectivity index (χ0v) is 15.6. The van der Waals surface area contributed by atoms with E-state index in [2.05, 4.69) is 29.4 Å². The van der Waals surface area contributed by atoms with Crippen LogP contribution in [0.25, 0.3) is 0 Å². The lowest BCUT2D eigenvalue weighted by Crippen LogP contribution is -2.31. The molecule has 0 bridgehead atoms. The molecule has 0 amide bonds. The normalized spacial score (nSPS) is 16.8. The number of nitrogens with one attached hydrogen (secondary N) is 1. The molecule has 0 atom stereocenters. The van der Waals surface area contributed by atoms with Crippen molar-refractivity contribution in [3.63, 3.8) is 0 Å². The van der Waals surface area contributed by atoms with E-state index >= 15 is 0 Å². The highest BCUT2D eigenvalue weighted by atomic mass is 32.1. The zero-order valence-electron chi connectivity index (χ0n) is 14.8. The summed E-state index contributed by atoms with van der Waals surface area (Å²) < 4.78 is 11.2. The highest BCUT2D eigenvalue weighted by Crippen LogP contribution is 2.39. The first-order valence-electron chi connectivity index (χ1n) is 8.14. The van der Waals surface area contributed by atoms with Crippen LogP contribution in [0.3, 0.4) is 0 Å². The minimum absolute atomic E-state index is 0.0709. The Hall–Kier alpha value is -2.74. The highest BCUT2D eigenvalue weighted by molar-refractivity contribution is 7.80. The molecule has 1 aliphatic carbocycles. The number of nitrogens with zero attached hydrogens (tertiary/aromatic N) is 2. The van der Waals surface area contributed by atoms with Gasteiger partial charge in [0.15, 0.2) is 5.11 Å². The van der Waals surface area contributed by atoms with Crippen molar-refractivity contribution in [3.05, 3.63) is 47.2 Å². The van der Waals surface area contributed by atoms with Gasteiger partial charge in [-0.1, -0.05) is 13.8 Å². The van der Waals surface area contributed by atoms with Crippen LogP contribution in [-0.2, 0) is 6.42 Å². The molecule has 2 aromatic rings. The summed E-state index contributed by atoms with van der Waals surface area (Å²) in [5.74, 6) is 0.667. The van der Waals surface area contributed by atoms with Gasteiger partial charge in [-0.25, -0.2) is 4.79 Å². The number of fused-ring (bicyclic) bond motifs is 1. The number of carbonyl (C=O) groups is 1. The van der Waals surface area contributed by atoms with Gasteiger partial charge in [-0.2, -0.15) is 5.10 Å². The second-order valence-electron chi connectivity index (χ2n) is 6.98. The summed E-state index contributed by atoms with van der Waals surface area (Å²) in [6.07, 6.45) is 4.47. The van der Waals surface area contributed by atoms with Crippen LogP contribution in [0.2, 0.25) is 0 Å². The fourth-order valence-electron chi connectivity index (χ4n) is 3.09. The maximum absolute atomic E-state index is 12.5. The van der Waals surface area contributed by atoms with Crippen molar-refractivity contribution in [2.24, 2.45) is 16.3 Å². The van der Waals surface area contributed by atoms with Crippen LogP contribution in [0.5, 0.6) is 5.75 Å². The summed E-state index contributed by atoms with van der Waals surface area (Å²) >= 11 is 4.83. The maximum atomic E-state index is 12.5. The maximum Gasteiger partial charge on any atom is 0.379 e. The molecule has 8 heteroatoms. The van der Waals surface area contributed by atoms with Crippen LogP contribution in [0, 0.1) is 12.3 Å². The number of hydrogen-bond donors (Lipinski definition) is 2. The number of thiocarbonyl (C=S) groups is 1. The summed E-state index contributed by atoms with van der Waals surface area (Å²) in [6, 6.07) is 3.35. The fraction of sp³-hybridized carbons (Fsp3) is 0.333. The summed E-state index contributed by atoms with van der Waals surface area (Å²) in [5.41, 5.74) is 10.3. The lowest BCUT2D eigenvalue weighted by Gasteiger charge is -2.29. The van der Waals surface area contributed by atoms with Gasteiger partial charge in [0.2, 0.25) is 5.76 Å². The number of hydrogen-bond acceptors (Lipinski definition) is 6. The summed E-state index contributed by atoms with van der Waals surface area (Å²) in [4.78, 5) is 16.5. The molecule has 0 saturated heterocycles. The SMILES string of the molecule is Cc1c(C(=O)Oc2cccnc2)oc2c1/C(=N\NC(N)=S)CC(C)(C)C2. The third-order valence-electron chi connectivity index (χ3n) is 4.12. The standard InChI is InChI=1S/C18H20N4O3S/c1-10-14-12(21-22-17(19)26)7-18(2,3)8-13(14)25-15(10)16(23)24-11-5-4-6-20-9-11/h4-6,9H,7-8H2,1-3H3,(H3,19,22,26)/b21-12-. The average molecular weight is 372 g/mol. The van der Waals surface area contributed by atoms with E-state index in [1.165, 1.54) is 6.20 Å². The molecule has 0 radical (unpaired) electrons. The lowest BCUT2D eigenvalue weighted by atomic mass is 9.75. The molecule has 2 heterocycles. The van der Waals surface area contributed by atoms with Crippen LogP contribution in [0.4, 0.5) is 0 Å². The topological polar surface area (TPSA) is 103 Å². The molecule has 26 heavy (non-hydrogen) atoms. The van der Waals surface area contributed by atoms with Gasteiger partial charge in [0.05, 0.1) is 11.9 Å². The molecule has 0 saturated carbocycles. The number of pyridine rings is 1. The molecule has 0 fully saturated rings. The average Bonchev–Trinajstić information content (AvgIpc) is 2.89. The van der Waals surface area contributed by atoms with Crippen molar-refractivity contribution in [2.75, 3.05) is 0 Å². The third-order valence-corrected chi connectivity index (χ3v) is 4.22. The molecule has 3 N–H and O–H groups in total. The van der Waals surface area contributed by atoms with Gasteiger partial charge in [-0.3, -0.25) is 10.4 Å². The Labute approximate surface area is 156 Å². The van der Waals surface area contributed by atoms with Crippen molar-refractivity contribution < 1.29 is 13.9 Å². The second kappa shape index (κ2) is 6.87. The number of ether oxygens (including phenoxy) is 1. The van der Waals surface area contributed by atoms with Crippen LogP contribution in [0.1, 0.15) is 47.7 Å². The number of hydrazone groups is 1. The van der Waals surface area contributed by atoms with E-state index in [0.29, 0.717) is 29.9 Å². The van der Waals surface area contributed by atoms with E-state index in [9.17, 15) is 4.79 Å². The van der Waals surface area contributed by atoms with Gasteiger partial charge in [0.25, 0.3) is 0 Å². The second-order valence-corrected chi connectivity index (χ2v) is 7.42. The van der Waals surface area contributed by atoms with E-state index in [1.54, 1.807) is 18.3 Å². The predicted octanol–water partition coefficient (Wildman–Crippen LogP) is 2.71. The number of nitrogens with two attached hydrogens (primary N) is 1. The summed E-state index contributed by atoms with van der Waals surface area (Å²) in [6.45, 7) is 6.03. The Bertz CT molecular complexity index is 887. The molecule has 2 aromatic heterocycles. The van der Waals surface area contributed by atoms with E-state index in [-0.39, 0.29) is 16.3 Å². The largest absolute Gasteiger partial charge is 0.453 e. The van der Waals surface area contributed by atoms with Crippen LogP contribution >= 0.6 is 12.2 Å². The lowest BCUT2D eigenvalue weighted by molar-refractivity contribution is 0.0696.